The largest absolute Gasteiger partial charge is 0.364 e. The predicted octanol–water partition coefficient (Wildman–Crippen LogP) is 1.98. The third kappa shape index (κ3) is 2.24. The van der Waals surface area contributed by atoms with E-state index in [1.807, 2.05) is 24.4 Å². The highest BCUT2D eigenvalue weighted by atomic mass is 14.8. The SMILES string of the molecule is C=CCC[C@@H](N)c1ccc[nH]1. The van der Waals surface area contributed by atoms with Crippen molar-refractivity contribution in [2.24, 2.45) is 5.73 Å². The molecule has 0 aliphatic rings. The molecule has 0 unspecified atom stereocenters. The van der Waals surface area contributed by atoms with E-state index in [0.29, 0.717) is 0 Å². The van der Waals surface area contributed by atoms with Crippen molar-refractivity contribution in [3.8, 4) is 0 Å². The minimum Gasteiger partial charge on any atom is -0.364 e. The molecule has 0 amide bonds. The maximum Gasteiger partial charge on any atom is 0.0450 e. The van der Waals surface area contributed by atoms with Gasteiger partial charge in [0.05, 0.1) is 0 Å². The van der Waals surface area contributed by atoms with Crippen LogP contribution in [-0.4, -0.2) is 4.98 Å². The minimum absolute atomic E-state index is 0.128. The van der Waals surface area contributed by atoms with E-state index < -0.39 is 0 Å². The topological polar surface area (TPSA) is 41.8 Å². The smallest absolute Gasteiger partial charge is 0.0450 e. The number of H-pyrrole nitrogens is 1. The van der Waals surface area contributed by atoms with Gasteiger partial charge in [0.1, 0.15) is 0 Å². The maximum absolute atomic E-state index is 5.85. The first-order chi connectivity index (χ1) is 5.34. The molecule has 1 rings (SSSR count). The van der Waals surface area contributed by atoms with Crippen molar-refractivity contribution in [3.05, 3.63) is 36.7 Å². The lowest BCUT2D eigenvalue weighted by atomic mass is 10.1. The van der Waals surface area contributed by atoms with Crippen LogP contribution in [0.25, 0.3) is 0 Å². The summed E-state index contributed by atoms with van der Waals surface area (Å²) in [6, 6.07) is 4.10. The molecular formula is C9H14N2. The van der Waals surface area contributed by atoms with Crippen LogP contribution in [-0.2, 0) is 0 Å². The van der Waals surface area contributed by atoms with Crippen LogP contribution in [0.2, 0.25) is 0 Å². The molecule has 0 saturated heterocycles. The minimum atomic E-state index is 0.128. The van der Waals surface area contributed by atoms with Crippen molar-refractivity contribution >= 4 is 0 Å². The van der Waals surface area contributed by atoms with Crippen molar-refractivity contribution in [1.82, 2.24) is 4.98 Å². The molecule has 0 aliphatic heterocycles. The first kappa shape index (κ1) is 8.08. The fourth-order valence-corrected chi connectivity index (χ4v) is 1.03. The first-order valence-corrected chi connectivity index (χ1v) is 3.84. The van der Waals surface area contributed by atoms with Crippen LogP contribution in [0.4, 0.5) is 0 Å². The average molecular weight is 150 g/mol. The maximum atomic E-state index is 5.85. The normalized spacial score (nSPS) is 12.8. The Morgan fingerprint density at radius 3 is 3.09 bits per heavy atom. The van der Waals surface area contributed by atoms with E-state index >= 15 is 0 Å². The molecule has 1 aromatic rings. The molecule has 11 heavy (non-hydrogen) atoms. The molecule has 2 nitrogen and oxygen atoms in total. The van der Waals surface area contributed by atoms with Gasteiger partial charge in [-0.1, -0.05) is 6.08 Å². The van der Waals surface area contributed by atoms with E-state index in [2.05, 4.69) is 11.6 Å². The molecule has 60 valence electrons. The van der Waals surface area contributed by atoms with Gasteiger partial charge >= 0.3 is 0 Å². The Hall–Kier alpha value is -1.02. The lowest BCUT2D eigenvalue weighted by molar-refractivity contribution is 0.646. The Labute approximate surface area is 67.1 Å². The number of aromatic amines is 1. The summed E-state index contributed by atoms with van der Waals surface area (Å²) in [6.45, 7) is 3.65. The molecule has 1 atom stereocenters. The lowest BCUT2D eigenvalue weighted by Crippen LogP contribution is -2.09. The van der Waals surface area contributed by atoms with Gasteiger partial charge < -0.3 is 10.7 Å². The van der Waals surface area contributed by atoms with E-state index in [-0.39, 0.29) is 6.04 Å². The van der Waals surface area contributed by atoms with E-state index in [1.54, 1.807) is 0 Å². The van der Waals surface area contributed by atoms with Crippen LogP contribution < -0.4 is 5.73 Å². The van der Waals surface area contributed by atoms with Gasteiger partial charge in [-0.25, -0.2) is 0 Å². The van der Waals surface area contributed by atoms with Crippen molar-refractivity contribution in [2.45, 2.75) is 18.9 Å². The zero-order chi connectivity index (χ0) is 8.10. The Kier molecular flexibility index (Phi) is 2.93. The fraction of sp³-hybridized carbons (Fsp3) is 0.333. The molecule has 0 fully saturated rings. The van der Waals surface area contributed by atoms with Crippen molar-refractivity contribution in [3.63, 3.8) is 0 Å². The zero-order valence-corrected chi connectivity index (χ0v) is 6.59. The van der Waals surface area contributed by atoms with Crippen LogP contribution >= 0.6 is 0 Å². The molecule has 0 saturated carbocycles. The standard InChI is InChI=1S/C9H14N2/c1-2-3-5-8(10)9-6-4-7-11-9/h2,4,6-8,11H,1,3,5,10H2/t8-/m1/s1. The van der Waals surface area contributed by atoms with Crippen LogP contribution in [0, 0.1) is 0 Å². The van der Waals surface area contributed by atoms with Gasteiger partial charge in [0, 0.05) is 17.9 Å². The molecule has 1 aromatic heterocycles. The average Bonchev–Trinajstić information content (AvgIpc) is 2.52. The number of hydrogen-bond donors (Lipinski definition) is 2. The number of rotatable bonds is 4. The predicted molar refractivity (Wildman–Crippen MR) is 47.2 cm³/mol. The second-order valence-electron chi connectivity index (χ2n) is 2.60. The second-order valence-corrected chi connectivity index (χ2v) is 2.60. The van der Waals surface area contributed by atoms with Crippen molar-refractivity contribution < 1.29 is 0 Å². The van der Waals surface area contributed by atoms with Crippen LogP contribution in [0.3, 0.4) is 0 Å². The van der Waals surface area contributed by atoms with Crippen LogP contribution in [0.5, 0.6) is 0 Å². The van der Waals surface area contributed by atoms with E-state index in [0.717, 1.165) is 18.5 Å². The highest BCUT2D eigenvalue weighted by Crippen LogP contribution is 2.12. The van der Waals surface area contributed by atoms with Gasteiger partial charge in [-0.05, 0) is 25.0 Å². The van der Waals surface area contributed by atoms with Gasteiger partial charge in [0.15, 0.2) is 0 Å². The van der Waals surface area contributed by atoms with Gasteiger partial charge in [0.2, 0.25) is 0 Å². The molecule has 0 bridgehead atoms. The fourth-order valence-electron chi connectivity index (χ4n) is 1.03. The Morgan fingerprint density at radius 1 is 1.73 bits per heavy atom. The highest BCUT2D eigenvalue weighted by molar-refractivity contribution is 5.08. The number of nitrogens with two attached hydrogens (primary N) is 1. The quantitative estimate of drug-likeness (QED) is 0.633. The number of aromatic nitrogens is 1. The molecule has 2 heteroatoms. The van der Waals surface area contributed by atoms with Gasteiger partial charge in [-0.2, -0.15) is 0 Å². The number of allylic oxidation sites excluding steroid dienone is 1. The summed E-state index contributed by atoms with van der Waals surface area (Å²) in [5.74, 6) is 0. The summed E-state index contributed by atoms with van der Waals surface area (Å²) in [6.07, 6.45) is 5.72. The third-order valence-electron chi connectivity index (χ3n) is 1.70. The van der Waals surface area contributed by atoms with E-state index in [4.69, 9.17) is 5.73 Å². The zero-order valence-electron chi connectivity index (χ0n) is 6.59. The molecule has 0 spiro atoms. The lowest BCUT2D eigenvalue weighted by Gasteiger charge is -2.06. The highest BCUT2D eigenvalue weighted by Gasteiger charge is 2.03. The molecule has 0 aliphatic carbocycles. The third-order valence-corrected chi connectivity index (χ3v) is 1.70. The summed E-state index contributed by atoms with van der Waals surface area (Å²) >= 11 is 0. The van der Waals surface area contributed by atoms with E-state index in [1.165, 1.54) is 0 Å². The first-order valence-electron chi connectivity index (χ1n) is 3.84. The van der Waals surface area contributed by atoms with Crippen molar-refractivity contribution in [2.75, 3.05) is 0 Å². The van der Waals surface area contributed by atoms with Gasteiger partial charge in [-0.15, -0.1) is 6.58 Å². The second kappa shape index (κ2) is 3.98. The molecule has 3 N–H and O–H groups in total. The van der Waals surface area contributed by atoms with Crippen molar-refractivity contribution in [1.29, 1.82) is 0 Å². The summed E-state index contributed by atoms with van der Waals surface area (Å²) in [7, 11) is 0. The monoisotopic (exact) mass is 150 g/mol. The molecule has 1 heterocycles. The number of nitrogens with one attached hydrogen (secondary N) is 1. The van der Waals surface area contributed by atoms with Gasteiger partial charge in [-0.3, -0.25) is 0 Å². The number of hydrogen-bond acceptors (Lipinski definition) is 1. The Morgan fingerprint density at radius 2 is 2.55 bits per heavy atom. The summed E-state index contributed by atoms with van der Waals surface area (Å²) < 4.78 is 0. The molecule has 0 radical (unpaired) electrons. The van der Waals surface area contributed by atoms with E-state index in [9.17, 15) is 0 Å². The molecular weight excluding hydrogens is 136 g/mol. The van der Waals surface area contributed by atoms with Crippen LogP contribution in [0.1, 0.15) is 24.6 Å². The summed E-state index contributed by atoms with van der Waals surface area (Å²) in [5, 5.41) is 0. The van der Waals surface area contributed by atoms with Gasteiger partial charge in [0.25, 0.3) is 0 Å². The summed E-state index contributed by atoms with van der Waals surface area (Å²) in [4.78, 5) is 3.09. The Balaban J connectivity index is 2.42. The Bertz CT molecular complexity index is 201. The molecule has 0 aromatic carbocycles. The van der Waals surface area contributed by atoms with Crippen LogP contribution in [0.15, 0.2) is 31.0 Å². The summed E-state index contributed by atoms with van der Waals surface area (Å²) in [5.41, 5.74) is 6.95.